The first-order valence-corrected chi connectivity index (χ1v) is 8.60. The second-order valence-corrected chi connectivity index (χ2v) is 6.69. The Morgan fingerprint density at radius 1 is 1.32 bits per heavy atom. The van der Waals surface area contributed by atoms with Gasteiger partial charge in [-0.3, -0.25) is 4.79 Å². The summed E-state index contributed by atoms with van der Waals surface area (Å²) >= 11 is 1.48. The van der Waals surface area contributed by atoms with E-state index in [1.807, 2.05) is 17.5 Å². The zero-order chi connectivity index (χ0) is 17.4. The van der Waals surface area contributed by atoms with E-state index in [1.165, 1.54) is 16.2 Å². The molecule has 1 fully saturated rings. The summed E-state index contributed by atoms with van der Waals surface area (Å²) in [6.45, 7) is -0.0379. The van der Waals surface area contributed by atoms with Gasteiger partial charge in [0.25, 0.3) is 0 Å². The van der Waals surface area contributed by atoms with Crippen molar-refractivity contribution in [1.29, 1.82) is 0 Å². The summed E-state index contributed by atoms with van der Waals surface area (Å²) in [6.07, 6.45) is 0.806. The van der Waals surface area contributed by atoms with Crippen LogP contribution >= 0.6 is 11.3 Å². The first kappa shape index (κ1) is 15.9. The minimum atomic E-state index is -0.551. The maximum atomic E-state index is 13.9. The minimum Gasteiger partial charge on any atom is -0.337 e. The summed E-state index contributed by atoms with van der Waals surface area (Å²) in [6, 6.07) is 6.53. The Hall–Kier alpha value is -2.61. The van der Waals surface area contributed by atoms with Crippen molar-refractivity contribution < 1.29 is 18.1 Å². The highest BCUT2D eigenvalue weighted by atomic mass is 32.1. The molecule has 0 radical (unpaired) electrons. The predicted molar refractivity (Wildman–Crippen MR) is 86.5 cm³/mol. The van der Waals surface area contributed by atoms with Gasteiger partial charge in [-0.05, 0) is 36.1 Å². The minimum absolute atomic E-state index is 0.0379. The molecule has 1 aromatic carbocycles. The average molecular weight is 361 g/mol. The zero-order valence-corrected chi connectivity index (χ0v) is 13.8. The van der Waals surface area contributed by atoms with E-state index in [2.05, 4.69) is 10.1 Å². The molecule has 1 aliphatic heterocycles. The van der Waals surface area contributed by atoms with Gasteiger partial charge in [0.15, 0.2) is 0 Å². The third kappa shape index (κ3) is 3.05. The number of aromatic nitrogens is 2. The van der Waals surface area contributed by atoms with Gasteiger partial charge >= 0.3 is 0 Å². The van der Waals surface area contributed by atoms with Crippen molar-refractivity contribution >= 4 is 17.2 Å². The van der Waals surface area contributed by atoms with Crippen molar-refractivity contribution in [2.24, 2.45) is 0 Å². The van der Waals surface area contributed by atoms with E-state index in [0.29, 0.717) is 24.6 Å². The molecule has 5 nitrogen and oxygen atoms in total. The van der Waals surface area contributed by atoms with Gasteiger partial charge in [-0.2, -0.15) is 4.98 Å². The van der Waals surface area contributed by atoms with Crippen LogP contribution in [0.25, 0.3) is 10.7 Å². The lowest BCUT2D eigenvalue weighted by molar-refractivity contribution is -0.130. The number of benzene rings is 1. The number of carbonyl (C=O) groups is 1. The Labute approximate surface area is 145 Å². The molecule has 0 bridgehead atoms. The molecule has 1 amide bonds. The van der Waals surface area contributed by atoms with E-state index < -0.39 is 17.7 Å². The quantitative estimate of drug-likeness (QED) is 0.706. The molecular weight excluding hydrogens is 348 g/mol. The van der Waals surface area contributed by atoms with E-state index in [-0.39, 0.29) is 18.0 Å². The molecule has 1 saturated heterocycles. The molecule has 25 heavy (non-hydrogen) atoms. The van der Waals surface area contributed by atoms with Gasteiger partial charge in [0.2, 0.25) is 17.6 Å². The maximum Gasteiger partial charge on any atom is 0.249 e. The Morgan fingerprint density at radius 3 is 3.00 bits per heavy atom. The highest BCUT2D eigenvalue weighted by Crippen LogP contribution is 2.35. The van der Waals surface area contributed by atoms with Gasteiger partial charge < -0.3 is 9.42 Å². The number of hydrogen-bond donors (Lipinski definition) is 0. The topological polar surface area (TPSA) is 59.2 Å². The van der Waals surface area contributed by atoms with Crippen molar-refractivity contribution in [2.45, 2.75) is 25.4 Å². The molecular formula is C17H13F2N3O2S. The largest absolute Gasteiger partial charge is 0.337 e. The fraction of sp³-hybridized carbons (Fsp3) is 0.235. The van der Waals surface area contributed by atoms with Crippen LogP contribution < -0.4 is 0 Å². The lowest BCUT2D eigenvalue weighted by atomic mass is 10.1. The summed E-state index contributed by atoms with van der Waals surface area (Å²) in [4.78, 5) is 18.9. The predicted octanol–water partition coefficient (Wildman–Crippen LogP) is 3.94. The van der Waals surface area contributed by atoms with Crippen molar-refractivity contribution in [3.8, 4) is 10.7 Å². The summed E-state index contributed by atoms with van der Waals surface area (Å²) in [7, 11) is 0. The van der Waals surface area contributed by atoms with Crippen LogP contribution in [0.3, 0.4) is 0 Å². The molecule has 0 saturated carbocycles. The maximum absolute atomic E-state index is 13.9. The highest BCUT2D eigenvalue weighted by Gasteiger charge is 2.36. The fourth-order valence-corrected chi connectivity index (χ4v) is 3.56. The number of amides is 1. The summed E-state index contributed by atoms with van der Waals surface area (Å²) < 4.78 is 32.6. The average Bonchev–Trinajstić information content (AvgIpc) is 3.32. The van der Waals surface area contributed by atoms with E-state index in [9.17, 15) is 13.6 Å². The number of likely N-dealkylation sites (tertiary alicyclic amines) is 1. The Balaban J connectivity index is 1.61. The van der Waals surface area contributed by atoms with E-state index >= 15 is 0 Å². The van der Waals surface area contributed by atoms with Crippen molar-refractivity contribution in [2.75, 3.05) is 0 Å². The van der Waals surface area contributed by atoms with Gasteiger partial charge in [0, 0.05) is 18.5 Å². The third-order valence-corrected chi connectivity index (χ3v) is 5.01. The van der Waals surface area contributed by atoms with E-state index in [0.717, 1.165) is 23.1 Å². The van der Waals surface area contributed by atoms with E-state index in [1.54, 1.807) is 0 Å². The molecule has 1 unspecified atom stereocenters. The SMILES string of the molecule is O=C1CCC(c2nc(-c3cccs3)no2)N1Cc1cc(F)ccc1F. The monoisotopic (exact) mass is 361 g/mol. The van der Waals surface area contributed by atoms with E-state index in [4.69, 9.17) is 4.52 Å². The Morgan fingerprint density at radius 2 is 2.20 bits per heavy atom. The molecule has 3 aromatic rings. The molecule has 2 aromatic heterocycles. The highest BCUT2D eigenvalue weighted by molar-refractivity contribution is 7.13. The standard InChI is InChI=1S/C17H13F2N3O2S/c18-11-3-4-12(19)10(8-11)9-22-13(5-6-15(22)23)17-20-16(21-24-17)14-2-1-7-25-14/h1-4,7-8,13H,5-6,9H2. The molecule has 8 heteroatoms. The first-order chi connectivity index (χ1) is 12.1. The van der Waals surface area contributed by atoms with Crippen LogP contribution in [0.15, 0.2) is 40.2 Å². The van der Waals surface area contributed by atoms with Gasteiger partial charge in [-0.25, -0.2) is 8.78 Å². The smallest absolute Gasteiger partial charge is 0.249 e. The molecule has 1 aliphatic rings. The Bertz CT molecular complexity index is 911. The van der Waals surface area contributed by atoms with Crippen molar-refractivity contribution in [3.63, 3.8) is 0 Å². The van der Waals surface area contributed by atoms with Crippen LogP contribution in [0.5, 0.6) is 0 Å². The molecule has 4 rings (SSSR count). The third-order valence-electron chi connectivity index (χ3n) is 4.15. The molecule has 3 heterocycles. The fourth-order valence-electron chi connectivity index (χ4n) is 2.91. The molecule has 1 atom stereocenters. The lowest BCUT2D eigenvalue weighted by Gasteiger charge is -2.22. The van der Waals surface area contributed by atoms with Gasteiger partial charge in [0.05, 0.1) is 4.88 Å². The second kappa shape index (κ2) is 6.36. The van der Waals surface area contributed by atoms with Gasteiger partial charge in [-0.15, -0.1) is 11.3 Å². The number of hydrogen-bond acceptors (Lipinski definition) is 5. The molecule has 0 spiro atoms. The normalized spacial score (nSPS) is 17.4. The zero-order valence-electron chi connectivity index (χ0n) is 13.0. The van der Waals surface area contributed by atoms with Crippen LogP contribution in [0.1, 0.15) is 30.3 Å². The number of thiophene rings is 1. The lowest BCUT2D eigenvalue weighted by Crippen LogP contribution is -2.27. The molecule has 0 aliphatic carbocycles. The van der Waals surface area contributed by atoms with Crippen LogP contribution in [0.2, 0.25) is 0 Å². The van der Waals surface area contributed by atoms with Crippen molar-refractivity contribution in [3.05, 3.63) is 58.8 Å². The number of rotatable bonds is 4. The number of nitrogens with zero attached hydrogens (tertiary/aromatic N) is 3. The van der Waals surface area contributed by atoms with Gasteiger partial charge in [-0.1, -0.05) is 11.2 Å². The number of halogens is 2. The van der Waals surface area contributed by atoms with Crippen LogP contribution in [-0.2, 0) is 11.3 Å². The van der Waals surface area contributed by atoms with Gasteiger partial charge in [0.1, 0.15) is 17.7 Å². The Kier molecular flexibility index (Phi) is 4.04. The van der Waals surface area contributed by atoms with Crippen LogP contribution in [0, 0.1) is 11.6 Å². The first-order valence-electron chi connectivity index (χ1n) is 7.72. The number of carbonyl (C=O) groups excluding carboxylic acids is 1. The summed E-state index contributed by atoms with van der Waals surface area (Å²) in [5.74, 6) is -0.473. The second-order valence-electron chi connectivity index (χ2n) is 5.75. The molecule has 0 N–H and O–H groups in total. The molecule has 128 valence electrons. The van der Waals surface area contributed by atoms with Crippen molar-refractivity contribution in [1.82, 2.24) is 15.0 Å². The van der Waals surface area contributed by atoms with Crippen LogP contribution in [0.4, 0.5) is 8.78 Å². The summed E-state index contributed by atoms with van der Waals surface area (Å²) in [5, 5.41) is 5.86. The van der Waals surface area contributed by atoms with Crippen LogP contribution in [-0.4, -0.2) is 20.9 Å². The summed E-state index contributed by atoms with van der Waals surface area (Å²) in [5.41, 5.74) is 0.123.